The standard InChI is InChI=1S/C17H23BF3N3O5S/c1-22-9-10-23(11-14(22)16(25)24-8-2-3-15(24)18(26)27)30(28,29)13-6-4-12(5-7-13)17(19,20)21/h4-7,14-15,26-27H,2-3,8-11H2,1H3/t14-,15+/m1/s1. The van der Waals surface area contributed by atoms with Gasteiger partial charge in [0.2, 0.25) is 15.9 Å². The summed E-state index contributed by atoms with van der Waals surface area (Å²) in [6, 6.07) is 2.41. The van der Waals surface area contributed by atoms with Crippen molar-refractivity contribution in [2.75, 3.05) is 33.2 Å². The Hall–Kier alpha value is -1.67. The molecule has 0 aliphatic carbocycles. The Bertz CT molecular complexity index is 882. The number of rotatable bonds is 4. The van der Waals surface area contributed by atoms with E-state index >= 15 is 0 Å². The number of likely N-dealkylation sites (N-methyl/N-ethyl adjacent to an activating group) is 1. The predicted molar refractivity (Wildman–Crippen MR) is 102 cm³/mol. The molecule has 2 heterocycles. The van der Waals surface area contributed by atoms with Crippen molar-refractivity contribution in [1.29, 1.82) is 0 Å². The molecule has 3 rings (SSSR count). The van der Waals surface area contributed by atoms with Crippen LogP contribution in [0.2, 0.25) is 0 Å². The van der Waals surface area contributed by atoms with Crippen LogP contribution in [0, 0.1) is 0 Å². The van der Waals surface area contributed by atoms with Crippen LogP contribution in [0.4, 0.5) is 13.2 Å². The maximum atomic E-state index is 13.0. The summed E-state index contributed by atoms with van der Waals surface area (Å²) in [5, 5.41) is 19.0. The van der Waals surface area contributed by atoms with Crippen LogP contribution in [-0.2, 0) is 21.0 Å². The van der Waals surface area contributed by atoms with Crippen molar-refractivity contribution in [3.8, 4) is 0 Å². The van der Waals surface area contributed by atoms with Crippen LogP contribution in [0.5, 0.6) is 0 Å². The molecule has 1 aromatic carbocycles. The molecular formula is C17H23BF3N3O5S. The molecule has 0 radical (unpaired) electrons. The SMILES string of the molecule is CN1CCN(S(=O)(=O)c2ccc(C(F)(F)F)cc2)C[C@@H]1C(=O)N1CCC[C@H]1B(O)O. The van der Waals surface area contributed by atoms with Gasteiger partial charge in [-0.2, -0.15) is 17.5 Å². The molecule has 2 fully saturated rings. The van der Waals surface area contributed by atoms with Crippen LogP contribution in [0.15, 0.2) is 29.2 Å². The minimum Gasteiger partial charge on any atom is -0.426 e. The van der Waals surface area contributed by atoms with E-state index in [4.69, 9.17) is 0 Å². The van der Waals surface area contributed by atoms with E-state index in [-0.39, 0.29) is 24.5 Å². The van der Waals surface area contributed by atoms with Gasteiger partial charge < -0.3 is 14.9 Å². The summed E-state index contributed by atoms with van der Waals surface area (Å²) >= 11 is 0. The summed E-state index contributed by atoms with van der Waals surface area (Å²) in [7, 11) is -4.11. The summed E-state index contributed by atoms with van der Waals surface area (Å²) in [5.74, 6) is -1.15. The van der Waals surface area contributed by atoms with Crippen LogP contribution in [0.25, 0.3) is 0 Å². The Kier molecular flexibility index (Phi) is 6.49. The molecule has 0 spiro atoms. The highest BCUT2D eigenvalue weighted by atomic mass is 32.2. The highest BCUT2D eigenvalue weighted by Gasteiger charge is 2.43. The monoisotopic (exact) mass is 449 g/mol. The van der Waals surface area contributed by atoms with Crippen LogP contribution >= 0.6 is 0 Å². The second-order valence-electron chi connectivity index (χ2n) is 7.54. The highest BCUT2D eigenvalue weighted by Crippen LogP contribution is 2.30. The zero-order valence-corrected chi connectivity index (χ0v) is 17.1. The van der Waals surface area contributed by atoms with Gasteiger partial charge in [-0.25, -0.2) is 8.42 Å². The van der Waals surface area contributed by atoms with E-state index in [0.717, 1.165) is 16.4 Å². The van der Waals surface area contributed by atoms with Crippen LogP contribution < -0.4 is 0 Å². The summed E-state index contributed by atoms with van der Waals surface area (Å²) in [4.78, 5) is 15.8. The lowest BCUT2D eigenvalue weighted by Crippen LogP contribution is -2.61. The molecule has 0 unspecified atom stereocenters. The molecule has 1 aromatic rings. The molecular weight excluding hydrogens is 426 g/mol. The fourth-order valence-electron chi connectivity index (χ4n) is 3.87. The van der Waals surface area contributed by atoms with Crippen molar-refractivity contribution >= 4 is 23.0 Å². The molecule has 13 heteroatoms. The highest BCUT2D eigenvalue weighted by molar-refractivity contribution is 7.89. The zero-order chi connectivity index (χ0) is 22.3. The topological polar surface area (TPSA) is 101 Å². The molecule has 0 bridgehead atoms. The van der Waals surface area contributed by atoms with Crippen LogP contribution in [0.1, 0.15) is 18.4 Å². The quantitative estimate of drug-likeness (QED) is 0.629. The molecule has 2 atom stereocenters. The second-order valence-corrected chi connectivity index (χ2v) is 9.47. The Morgan fingerprint density at radius 2 is 1.77 bits per heavy atom. The predicted octanol–water partition coefficient (Wildman–Crippen LogP) is 0.0131. The average molecular weight is 449 g/mol. The van der Waals surface area contributed by atoms with Crippen LogP contribution in [0.3, 0.4) is 0 Å². The molecule has 2 aliphatic heterocycles. The molecule has 8 nitrogen and oxygen atoms in total. The first-order chi connectivity index (χ1) is 13.9. The summed E-state index contributed by atoms with van der Waals surface area (Å²) < 4.78 is 65.2. The molecule has 166 valence electrons. The first-order valence-corrected chi connectivity index (χ1v) is 10.9. The first kappa shape index (κ1) is 23.0. The molecule has 0 aromatic heterocycles. The largest absolute Gasteiger partial charge is 0.475 e. The Morgan fingerprint density at radius 3 is 2.33 bits per heavy atom. The third kappa shape index (κ3) is 4.49. The first-order valence-electron chi connectivity index (χ1n) is 9.47. The van der Waals surface area contributed by atoms with Crippen molar-refractivity contribution in [3.05, 3.63) is 29.8 Å². The number of amides is 1. The number of nitrogens with zero attached hydrogens (tertiary/aromatic N) is 3. The number of carbonyl (C=O) groups excluding carboxylic acids is 1. The summed E-state index contributed by atoms with van der Waals surface area (Å²) in [6.07, 6.45) is -3.53. The van der Waals surface area contributed by atoms with Gasteiger partial charge in [0.1, 0.15) is 6.04 Å². The molecule has 2 aliphatic rings. The van der Waals surface area contributed by atoms with E-state index in [1.807, 2.05) is 0 Å². The molecule has 2 saturated heterocycles. The van der Waals surface area contributed by atoms with Crippen molar-refractivity contribution in [2.24, 2.45) is 0 Å². The number of likely N-dealkylation sites (tertiary alicyclic amines) is 1. The maximum Gasteiger partial charge on any atom is 0.475 e. The van der Waals surface area contributed by atoms with Crippen molar-refractivity contribution in [2.45, 2.75) is 35.9 Å². The molecule has 0 saturated carbocycles. The fourth-order valence-corrected chi connectivity index (χ4v) is 5.30. The summed E-state index contributed by atoms with van der Waals surface area (Å²) in [6.45, 7) is 0.493. The number of benzene rings is 1. The fraction of sp³-hybridized carbons (Fsp3) is 0.588. The summed E-state index contributed by atoms with van der Waals surface area (Å²) in [5.41, 5.74) is -0.949. The average Bonchev–Trinajstić information content (AvgIpc) is 3.17. The van der Waals surface area contributed by atoms with Gasteiger partial charge in [-0.15, -0.1) is 0 Å². The van der Waals surface area contributed by atoms with Gasteiger partial charge >= 0.3 is 13.3 Å². The molecule has 1 amide bonds. The third-order valence-electron chi connectivity index (χ3n) is 5.64. The normalized spacial score (nSPS) is 24.3. The minimum absolute atomic E-state index is 0.0791. The van der Waals surface area contributed by atoms with E-state index in [0.29, 0.717) is 31.5 Å². The van der Waals surface area contributed by atoms with E-state index in [9.17, 15) is 36.4 Å². The molecule has 2 N–H and O–H groups in total. The van der Waals surface area contributed by atoms with Gasteiger partial charge in [-0.1, -0.05) is 0 Å². The molecule has 30 heavy (non-hydrogen) atoms. The lowest BCUT2D eigenvalue weighted by molar-refractivity contribution is -0.138. The van der Waals surface area contributed by atoms with E-state index in [2.05, 4.69) is 0 Å². The number of hydrogen-bond donors (Lipinski definition) is 2. The number of carbonyl (C=O) groups is 1. The Labute approximate surface area is 173 Å². The minimum atomic E-state index is -4.57. The zero-order valence-electron chi connectivity index (χ0n) is 16.3. The van der Waals surface area contributed by atoms with E-state index in [1.54, 1.807) is 11.9 Å². The van der Waals surface area contributed by atoms with Gasteiger partial charge in [-0.3, -0.25) is 9.69 Å². The Morgan fingerprint density at radius 1 is 1.13 bits per heavy atom. The van der Waals surface area contributed by atoms with Crippen molar-refractivity contribution in [1.82, 2.24) is 14.1 Å². The lowest BCUT2D eigenvalue weighted by Gasteiger charge is -2.40. The number of piperazine rings is 1. The van der Waals surface area contributed by atoms with Crippen LogP contribution in [-0.4, -0.2) is 90.8 Å². The van der Waals surface area contributed by atoms with Gasteiger partial charge in [0.25, 0.3) is 0 Å². The Balaban J connectivity index is 1.79. The van der Waals surface area contributed by atoms with Gasteiger partial charge in [-0.05, 0) is 44.2 Å². The number of alkyl halides is 3. The number of hydrogen-bond acceptors (Lipinski definition) is 6. The smallest absolute Gasteiger partial charge is 0.426 e. The van der Waals surface area contributed by atoms with Gasteiger partial charge in [0, 0.05) is 26.2 Å². The van der Waals surface area contributed by atoms with Gasteiger partial charge in [0.15, 0.2) is 0 Å². The second kappa shape index (κ2) is 8.46. The number of halogens is 3. The number of sulfonamides is 1. The lowest BCUT2D eigenvalue weighted by atomic mass is 9.77. The van der Waals surface area contributed by atoms with Gasteiger partial charge in [0.05, 0.1) is 16.4 Å². The van der Waals surface area contributed by atoms with Crippen molar-refractivity contribution < 1.29 is 36.4 Å². The van der Waals surface area contributed by atoms with E-state index < -0.39 is 46.8 Å². The van der Waals surface area contributed by atoms with Crippen molar-refractivity contribution in [3.63, 3.8) is 0 Å². The third-order valence-corrected chi connectivity index (χ3v) is 7.52. The maximum absolute atomic E-state index is 13.0. The van der Waals surface area contributed by atoms with E-state index in [1.165, 1.54) is 4.90 Å².